The lowest BCUT2D eigenvalue weighted by Gasteiger charge is -2.33. The van der Waals surface area contributed by atoms with Crippen molar-refractivity contribution in [2.45, 2.75) is 32.4 Å². The second-order valence-corrected chi connectivity index (χ2v) is 6.89. The van der Waals surface area contributed by atoms with Gasteiger partial charge in [0.05, 0.1) is 11.9 Å². The normalized spacial score (nSPS) is 17.4. The van der Waals surface area contributed by atoms with Crippen molar-refractivity contribution in [1.29, 1.82) is 0 Å². The van der Waals surface area contributed by atoms with E-state index < -0.39 is 0 Å². The minimum absolute atomic E-state index is 0.436. The van der Waals surface area contributed by atoms with E-state index in [9.17, 15) is 0 Å². The number of rotatable bonds is 5. The zero-order valence-corrected chi connectivity index (χ0v) is 15.0. The fourth-order valence-electron chi connectivity index (χ4n) is 3.56. The summed E-state index contributed by atoms with van der Waals surface area (Å²) in [6.45, 7) is 4.91. The number of benzene rings is 1. The zero-order chi connectivity index (χ0) is 17.8. The number of nitrogens with one attached hydrogen (secondary N) is 2. The third-order valence-corrected chi connectivity index (χ3v) is 4.91. The maximum Gasteiger partial charge on any atom is 0.151 e. The molecule has 2 N–H and O–H groups in total. The summed E-state index contributed by atoms with van der Waals surface area (Å²) in [5, 5.41) is 19.4. The molecule has 1 fully saturated rings. The first kappa shape index (κ1) is 16.7. The van der Waals surface area contributed by atoms with Gasteiger partial charge in [0.25, 0.3) is 0 Å². The van der Waals surface area contributed by atoms with Gasteiger partial charge in [0.15, 0.2) is 5.82 Å². The van der Waals surface area contributed by atoms with Gasteiger partial charge in [-0.15, -0.1) is 5.10 Å². The molecule has 1 unspecified atom stereocenters. The number of anilines is 1. The van der Waals surface area contributed by atoms with Crippen LogP contribution in [0.1, 0.15) is 24.0 Å². The van der Waals surface area contributed by atoms with Gasteiger partial charge in [-0.3, -0.25) is 5.10 Å². The Morgan fingerprint density at radius 2 is 2.23 bits per heavy atom. The molecule has 3 aromatic rings. The summed E-state index contributed by atoms with van der Waals surface area (Å²) in [6.07, 6.45) is 5.97. The standard InChI is InChI=1S/C20H24N6/c1-15-5-2-6-16(11-15)20-17(13-23-25-20)12-21-18-7-4-10-26(14-18)19-8-3-9-22-24-19/h2-3,5-6,8-9,11,13,18,21H,4,7,10,12,14H2,1H3,(H,23,25). The number of nitrogens with zero attached hydrogens (tertiary/aromatic N) is 4. The molecular weight excluding hydrogens is 324 g/mol. The molecule has 1 saturated heterocycles. The number of hydrogen-bond acceptors (Lipinski definition) is 5. The molecule has 1 aliphatic rings. The van der Waals surface area contributed by atoms with Crippen molar-refractivity contribution in [3.05, 3.63) is 59.9 Å². The smallest absolute Gasteiger partial charge is 0.151 e. The van der Waals surface area contributed by atoms with Crippen LogP contribution in [0.2, 0.25) is 0 Å². The third-order valence-electron chi connectivity index (χ3n) is 4.91. The van der Waals surface area contributed by atoms with E-state index in [1.54, 1.807) is 6.20 Å². The third kappa shape index (κ3) is 3.75. The molecule has 0 amide bonds. The minimum Gasteiger partial charge on any atom is -0.354 e. The van der Waals surface area contributed by atoms with Gasteiger partial charge >= 0.3 is 0 Å². The van der Waals surface area contributed by atoms with E-state index in [1.165, 1.54) is 23.1 Å². The average molecular weight is 348 g/mol. The van der Waals surface area contributed by atoms with E-state index in [0.29, 0.717) is 6.04 Å². The summed E-state index contributed by atoms with van der Waals surface area (Å²) in [7, 11) is 0. The van der Waals surface area contributed by atoms with E-state index in [-0.39, 0.29) is 0 Å². The zero-order valence-electron chi connectivity index (χ0n) is 15.0. The number of aromatic nitrogens is 4. The van der Waals surface area contributed by atoms with Crippen LogP contribution in [0, 0.1) is 6.92 Å². The van der Waals surface area contributed by atoms with Crippen LogP contribution in [0.25, 0.3) is 11.3 Å². The Balaban J connectivity index is 1.41. The number of piperidine rings is 1. The van der Waals surface area contributed by atoms with Crippen LogP contribution in [0.15, 0.2) is 48.8 Å². The Morgan fingerprint density at radius 3 is 3.08 bits per heavy atom. The monoisotopic (exact) mass is 348 g/mol. The van der Waals surface area contributed by atoms with E-state index in [1.807, 2.05) is 18.3 Å². The summed E-state index contributed by atoms with van der Waals surface area (Å²) in [5.74, 6) is 0.961. The van der Waals surface area contributed by atoms with Crippen molar-refractivity contribution in [3.8, 4) is 11.3 Å². The first-order chi connectivity index (χ1) is 12.8. The minimum atomic E-state index is 0.436. The van der Waals surface area contributed by atoms with E-state index in [0.717, 1.165) is 37.6 Å². The molecule has 6 heteroatoms. The maximum atomic E-state index is 4.26. The van der Waals surface area contributed by atoms with Crippen molar-refractivity contribution in [2.24, 2.45) is 0 Å². The van der Waals surface area contributed by atoms with Crippen LogP contribution in [-0.2, 0) is 6.54 Å². The summed E-state index contributed by atoms with van der Waals surface area (Å²) < 4.78 is 0. The molecule has 3 heterocycles. The first-order valence-corrected chi connectivity index (χ1v) is 9.15. The second-order valence-electron chi connectivity index (χ2n) is 6.89. The summed E-state index contributed by atoms with van der Waals surface area (Å²) >= 11 is 0. The van der Waals surface area contributed by atoms with Gasteiger partial charge in [-0.25, -0.2) is 0 Å². The van der Waals surface area contributed by atoms with Gasteiger partial charge in [0.1, 0.15) is 0 Å². The molecule has 1 aromatic carbocycles. The predicted molar refractivity (Wildman–Crippen MR) is 103 cm³/mol. The topological polar surface area (TPSA) is 69.7 Å². The molecule has 0 bridgehead atoms. The van der Waals surface area contributed by atoms with E-state index in [2.05, 4.69) is 61.8 Å². The maximum absolute atomic E-state index is 4.26. The highest BCUT2D eigenvalue weighted by Crippen LogP contribution is 2.23. The lowest BCUT2D eigenvalue weighted by molar-refractivity contribution is 0.419. The lowest BCUT2D eigenvalue weighted by atomic mass is 10.0. The Hall–Kier alpha value is -2.73. The number of hydrogen-bond donors (Lipinski definition) is 2. The van der Waals surface area contributed by atoms with Gasteiger partial charge in [0.2, 0.25) is 0 Å². The molecule has 0 spiro atoms. The molecule has 134 valence electrons. The van der Waals surface area contributed by atoms with Crippen LogP contribution in [-0.4, -0.2) is 39.5 Å². The van der Waals surface area contributed by atoms with Crippen LogP contribution in [0.3, 0.4) is 0 Å². The molecule has 1 aliphatic heterocycles. The van der Waals surface area contributed by atoms with Crippen LogP contribution >= 0.6 is 0 Å². The molecule has 2 aromatic heterocycles. The van der Waals surface area contributed by atoms with Crippen molar-refractivity contribution < 1.29 is 0 Å². The van der Waals surface area contributed by atoms with Crippen molar-refractivity contribution in [1.82, 2.24) is 25.7 Å². The number of aryl methyl sites for hydroxylation is 1. The van der Waals surface area contributed by atoms with Crippen LogP contribution in [0.5, 0.6) is 0 Å². The highest BCUT2D eigenvalue weighted by atomic mass is 15.3. The molecule has 4 rings (SSSR count). The second kappa shape index (κ2) is 7.66. The molecule has 6 nitrogen and oxygen atoms in total. The number of H-pyrrole nitrogens is 1. The van der Waals surface area contributed by atoms with Gasteiger partial charge < -0.3 is 10.2 Å². The Morgan fingerprint density at radius 1 is 1.27 bits per heavy atom. The molecule has 0 radical (unpaired) electrons. The average Bonchev–Trinajstić information content (AvgIpc) is 3.16. The molecule has 0 saturated carbocycles. The molecule has 1 atom stereocenters. The summed E-state index contributed by atoms with van der Waals surface area (Å²) in [6, 6.07) is 12.9. The first-order valence-electron chi connectivity index (χ1n) is 9.15. The fourth-order valence-corrected chi connectivity index (χ4v) is 3.56. The highest BCUT2D eigenvalue weighted by molar-refractivity contribution is 5.63. The largest absolute Gasteiger partial charge is 0.354 e. The Kier molecular flexibility index (Phi) is 4.93. The van der Waals surface area contributed by atoms with Gasteiger partial charge in [-0.05, 0) is 38.0 Å². The summed E-state index contributed by atoms with van der Waals surface area (Å²) in [5.41, 5.74) is 4.74. The van der Waals surface area contributed by atoms with E-state index >= 15 is 0 Å². The SMILES string of the molecule is Cc1cccc(-c2[nH]ncc2CNC2CCCN(c3cccnn3)C2)c1. The molecule has 26 heavy (non-hydrogen) atoms. The summed E-state index contributed by atoms with van der Waals surface area (Å²) in [4.78, 5) is 2.31. The van der Waals surface area contributed by atoms with E-state index in [4.69, 9.17) is 0 Å². The van der Waals surface area contributed by atoms with Crippen LogP contribution < -0.4 is 10.2 Å². The van der Waals surface area contributed by atoms with Gasteiger partial charge in [-0.1, -0.05) is 23.8 Å². The lowest BCUT2D eigenvalue weighted by Crippen LogP contribution is -2.45. The highest BCUT2D eigenvalue weighted by Gasteiger charge is 2.21. The Bertz CT molecular complexity index is 844. The molecular formula is C20H24N6. The number of aromatic amines is 1. The quantitative estimate of drug-likeness (QED) is 0.742. The van der Waals surface area contributed by atoms with Crippen molar-refractivity contribution in [2.75, 3.05) is 18.0 Å². The van der Waals surface area contributed by atoms with Crippen molar-refractivity contribution >= 4 is 5.82 Å². The van der Waals surface area contributed by atoms with Crippen LogP contribution in [0.4, 0.5) is 5.82 Å². The van der Waals surface area contributed by atoms with Gasteiger partial charge in [0, 0.05) is 43.0 Å². The predicted octanol–water partition coefficient (Wildman–Crippen LogP) is 2.93. The molecule has 0 aliphatic carbocycles. The van der Waals surface area contributed by atoms with Crippen molar-refractivity contribution in [3.63, 3.8) is 0 Å². The van der Waals surface area contributed by atoms with Gasteiger partial charge in [-0.2, -0.15) is 10.2 Å². The Labute approximate surface area is 153 Å². The fraction of sp³-hybridized carbons (Fsp3) is 0.350.